The Morgan fingerprint density at radius 2 is 2.05 bits per heavy atom. The Morgan fingerprint density at radius 1 is 1.25 bits per heavy atom. The van der Waals surface area contributed by atoms with E-state index in [0.29, 0.717) is 6.54 Å². The molecule has 0 aromatic heterocycles. The molecule has 1 rings (SSSR count). The molecule has 0 aliphatic rings. The summed E-state index contributed by atoms with van der Waals surface area (Å²) < 4.78 is 10.6. The number of hydrogen-bond acceptors (Lipinski definition) is 3. The molecule has 0 heterocycles. The number of rotatable bonds is 8. The third-order valence-electron chi connectivity index (χ3n) is 2.82. The Morgan fingerprint density at radius 3 is 2.75 bits per heavy atom. The van der Waals surface area contributed by atoms with Crippen LogP contribution in [-0.2, 0) is 11.3 Å². The SMILES string of the molecule is CCOCCCNC(=NC)NCc1ccccc1OC. The average molecular weight is 279 g/mol. The lowest BCUT2D eigenvalue weighted by Crippen LogP contribution is -2.37. The quantitative estimate of drug-likeness (QED) is 0.433. The van der Waals surface area contributed by atoms with E-state index in [1.54, 1.807) is 14.2 Å². The first-order valence-corrected chi connectivity index (χ1v) is 6.96. The highest BCUT2D eigenvalue weighted by Gasteiger charge is 2.02. The zero-order chi connectivity index (χ0) is 14.6. The number of aliphatic imine (C=N–C) groups is 1. The molecule has 0 atom stereocenters. The summed E-state index contributed by atoms with van der Waals surface area (Å²) in [5.41, 5.74) is 1.10. The van der Waals surface area contributed by atoms with Gasteiger partial charge in [0.15, 0.2) is 5.96 Å². The molecule has 2 N–H and O–H groups in total. The highest BCUT2D eigenvalue weighted by molar-refractivity contribution is 5.79. The van der Waals surface area contributed by atoms with Gasteiger partial charge in [-0.05, 0) is 19.4 Å². The van der Waals surface area contributed by atoms with Gasteiger partial charge >= 0.3 is 0 Å². The van der Waals surface area contributed by atoms with Gasteiger partial charge in [-0.2, -0.15) is 0 Å². The lowest BCUT2D eigenvalue weighted by Gasteiger charge is -2.13. The lowest BCUT2D eigenvalue weighted by molar-refractivity contribution is 0.145. The van der Waals surface area contributed by atoms with Crippen molar-refractivity contribution in [2.75, 3.05) is 33.9 Å². The van der Waals surface area contributed by atoms with E-state index in [4.69, 9.17) is 9.47 Å². The maximum absolute atomic E-state index is 5.32. The fourth-order valence-corrected chi connectivity index (χ4v) is 1.77. The van der Waals surface area contributed by atoms with Gasteiger partial charge in [0.2, 0.25) is 0 Å². The highest BCUT2D eigenvalue weighted by Crippen LogP contribution is 2.16. The van der Waals surface area contributed by atoms with E-state index in [1.807, 2.05) is 31.2 Å². The summed E-state index contributed by atoms with van der Waals surface area (Å²) in [4.78, 5) is 4.19. The van der Waals surface area contributed by atoms with Gasteiger partial charge in [-0.15, -0.1) is 0 Å². The molecule has 0 aliphatic carbocycles. The molecule has 0 radical (unpaired) electrons. The second-order valence-electron chi connectivity index (χ2n) is 4.21. The Balaban J connectivity index is 2.34. The molecule has 0 spiro atoms. The van der Waals surface area contributed by atoms with E-state index < -0.39 is 0 Å². The normalized spacial score (nSPS) is 11.2. The average Bonchev–Trinajstić information content (AvgIpc) is 2.50. The monoisotopic (exact) mass is 279 g/mol. The molecule has 0 amide bonds. The van der Waals surface area contributed by atoms with Crippen molar-refractivity contribution in [3.05, 3.63) is 29.8 Å². The Hall–Kier alpha value is -1.75. The predicted molar refractivity (Wildman–Crippen MR) is 82.3 cm³/mol. The van der Waals surface area contributed by atoms with Gasteiger partial charge in [-0.1, -0.05) is 18.2 Å². The van der Waals surface area contributed by atoms with Crippen molar-refractivity contribution in [3.63, 3.8) is 0 Å². The topological polar surface area (TPSA) is 54.9 Å². The fourth-order valence-electron chi connectivity index (χ4n) is 1.77. The first kappa shape index (κ1) is 16.3. The van der Waals surface area contributed by atoms with Crippen LogP contribution in [0, 0.1) is 0 Å². The molecule has 0 unspecified atom stereocenters. The molecule has 0 aliphatic heterocycles. The summed E-state index contributed by atoms with van der Waals surface area (Å²) in [6.07, 6.45) is 0.962. The fraction of sp³-hybridized carbons (Fsp3) is 0.533. The third-order valence-corrected chi connectivity index (χ3v) is 2.82. The summed E-state index contributed by atoms with van der Waals surface area (Å²) in [5.74, 6) is 1.67. The Kier molecular flexibility index (Phi) is 8.22. The number of hydrogen-bond donors (Lipinski definition) is 2. The molecule has 1 aromatic rings. The molecular weight excluding hydrogens is 254 g/mol. The van der Waals surface area contributed by atoms with E-state index in [1.165, 1.54) is 0 Å². The zero-order valence-electron chi connectivity index (χ0n) is 12.6. The van der Waals surface area contributed by atoms with Crippen molar-refractivity contribution < 1.29 is 9.47 Å². The van der Waals surface area contributed by atoms with Crippen LogP contribution in [0.5, 0.6) is 5.75 Å². The molecule has 112 valence electrons. The zero-order valence-corrected chi connectivity index (χ0v) is 12.6. The van der Waals surface area contributed by atoms with Crippen LogP contribution in [0.25, 0.3) is 0 Å². The molecule has 5 nitrogen and oxygen atoms in total. The molecule has 5 heteroatoms. The lowest BCUT2D eigenvalue weighted by atomic mass is 10.2. The van der Waals surface area contributed by atoms with Crippen LogP contribution >= 0.6 is 0 Å². The molecule has 0 saturated heterocycles. The van der Waals surface area contributed by atoms with Gasteiger partial charge in [0.05, 0.1) is 7.11 Å². The van der Waals surface area contributed by atoms with Crippen molar-refractivity contribution in [1.82, 2.24) is 10.6 Å². The van der Waals surface area contributed by atoms with Crippen molar-refractivity contribution >= 4 is 5.96 Å². The number of nitrogens with zero attached hydrogens (tertiary/aromatic N) is 1. The van der Waals surface area contributed by atoms with Crippen LogP contribution in [0.1, 0.15) is 18.9 Å². The van der Waals surface area contributed by atoms with Crippen molar-refractivity contribution in [3.8, 4) is 5.75 Å². The van der Waals surface area contributed by atoms with Gasteiger partial charge in [-0.25, -0.2) is 0 Å². The van der Waals surface area contributed by atoms with Crippen molar-refractivity contribution in [2.45, 2.75) is 19.9 Å². The molecule has 0 bridgehead atoms. The first-order chi connectivity index (χ1) is 9.81. The predicted octanol–water partition coefficient (Wildman–Crippen LogP) is 1.79. The number of ether oxygens (including phenoxy) is 2. The van der Waals surface area contributed by atoms with Crippen molar-refractivity contribution in [2.24, 2.45) is 4.99 Å². The number of guanidine groups is 1. The van der Waals surface area contributed by atoms with Gasteiger partial charge in [0.1, 0.15) is 5.75 Å². The summed E-state index contributed by atoms with van der Waals surface area (Å²) in [6, 6.07) is 7.95. The minimum atomic E-state index is 0.676. The second-order valence-corrected chi connectivity index (χ2v) is 4.21. The minimum absolute atomic E-state index is 0.676. The number of para-hydroxylation sites is 1. The van der Waals surface area contributed by atoms with Gasteiger partial charge < -0.3 is 20.1 Å². The molecule has 0 fully saturated rings. The van der Waals surface area contributed by atoms with E-state index >= 15 is 0 Å². The molecule has 20 heavy (non-hydrogen) atoms. The van der Waals surface area contributed by atoms with E-state index in [2.05, 4.69) is 15.6 Å². The summed E-state index contributed by atoms with van der Waals surface area (Å²) >= 11 is 0. The van der Waals surface area contributed by atoms with Gasteiger partial charge in [0, 0.05) is 38.9 Å². The number of benzene rings is 1. The van der Waals surface area contributed by atoms with Crippen molar-refractivity contribution in [1.29, 1.82) is 0 Å². The largest absolute Gasteiger partial charge is 0.496 e. The second kappa shape index (κ2) is 10.1. The van der Waals surface area contributed by atoms with Crippen LogP contribution in [0.3, 0.4) is 0 Å². The van der Waals surface area contributed by atoms with Crippen LogP contribution in [0.15, 0.2) is 29.3 Å². The Bertz CT molecular complexity index is 408. The molecular formula is C15H25N3O2. The molecule has 1 aromatic carbocycles. The van der Waals surface area contributed by atoms with Crippen LogP contribution < -0.4 is 15.4 Å². The van der Waals surface area contributed by atoms with E-state index in [0.717, 1.165) is 43.5 Å². The Labute approximate surface area is 121 Å². The third kappa shape index (κ3) is 5.93. The highest BCUT2D eigenvalue weighted by atomic mass is 16.5. The summed E-state index contributed by atoms with van der Waals surface area (Å²) in [5, 5.41) is 6.52. The van der Waals surface area contributed by atoms with E-state index in [-0.39, 0.29) is 0 Å². The van der Waals surface area contributed by atoms with Gasteiger partial charge in [0.25, 0.3) is 0 Å². The van der Waals surface area contributed by atoms with Crippen LogP contribution in [0.4, 0.5) is 0 Å². The maximum Gasteiger partial charge on any atom is 0.191 e. The number of methoxy groups -OCH3 is 1. The molecule has 0 saturated carbocycles. The number of nitrogens with one attached hydrogen (secondary N) is 2. The summed E-state index contributed by atoms with van der Waals surface area (Å²) in [6.45, 7) is 5.05. The standard InChI is InChI=1S/C15H25N3O2/c1-4-20-11-7-10-17-15(16-2)18-12-13-8-5-6-9-14(13)19-3/h5-6,8-9H,4,7,10-12H2,1-3H3,(H2,16,17,18). The summed E-state index contributed by atoms with van der Waals surface area (Å²) in [7, 11) is 3.44. The first-order valence-electron chi connectivity index (χ1n) is 6.96. The smallest absolute Gasteiger partial charge is 0.191 e. The van der Waals surface area contributed by atoms with Crippen LogP contribution in [0.2, 0.25) is 0 Å². The minimum Gasteiger partial charge on any atom is -0.496 e. The maximum atomic E-state index is 5.32. The van der Waals surface area contributed by atoms with Crippen LogP contribution in [-0.4, -0.2) is 39.9 Å². The van der Waals surface area contributed by atoms with Gasteiger partial charge in [-0.3, -0.25) is 4.99 Å². The van der Waals surface area contributed by atoms with E-state index in [9.17, 15) is 0 Å².